The molecule has 4 heteroatoms. The van der Waals surface area contributed by atoms with E-state index in [2.05, 4.69) is 15.9 Å². The van der Waals surface area contributed by atoms with Crippen LogP contribution in [0.1, 0.15) is 21.7 Å². The Hall–Kier alpha value is -1.06. The zero-order chi connectivity index (χ0) is 12.6. The monoisotopic (exact) mass is 311 g/mol. The molecule has 0 N–H and O–H groups in total. The summed E-state index contributed by atoms with van der Waals surface area (Å²) in [6, 6.07) is 7.49. The molecule has 1 aromatic carbocycles. The first-order valence-corrected chi connectivity index (χ1v) is 6.31. The molecule has 1 heterocycles. The van der Waals surface area contributed by atoms with Crippen molar-refractivity contribution in [2.75, 3.05) is 0 Å². The molecule has 0 amide bonds. The lowest BCUT2D eigenvalue weighted by Crippen LogP contribution is -2.00. The highest BCUT2D eigenvalue weighted by Crippen LogP contribution is 2.28. The number of benzene rings is 1. The van der Waals surface area contributed by atoms with Gasteiger partial charge in [-0.15, -0.1) is 0 Å². The second-order valence-electron chi connectivity index (χ2n) is 3.88. The van der Waals surface area contributed by atoms with Crippen molar-refractivity contribution < 1.29 is 4.79 Å². The molecule has 2 aromatic rings. The molecule has 0 unspecified atom stereocenters. The van der Waals surface area contributed by atoms with E-state index in [-0.39, 0.29) is 0 Å². The minimum absolute atomic E-state index is 0.679. The Morgan fingerprint density at radius 3 is 2.53 bits per heavy atom. The van der Waals surface area contributed by atoms with Crippen molar-refractivity contribution in [1.29, 1.82) is 0 Å². The van der Waals surface area contributed by atoms with Crippen molar-refractivity contribution in [3.63, 3.8) is 0 Å². The number of nitrogens with zero attached hydrogens (tertiary/aromatic N) is 1. The molecule has 2 rings (SSSR count). The summed E-state index contributed by atoms with van der Waals surface area (Å²) in [5.41, 5.74) is 3.65. The maximum atomic E-state index is 10.9. The third-order valence-corrected chi connectivity index (χ3v) is 3.62. The van der Waals surface area contributed by atoms with Gasteiger partial charge in [-0.25, -0.2) is 0 Å². The fourth-order valence-electron chi connectivity index (χ4n) is 1.94. The first-order valence-electron chi connectivity index (χ1n) is 5.14. The number of carbonyl (C=O) groups is 1. The van der Waals surface area contributed by atoms with E-state index in [9.17, 15) is 4.79 Å². The molecule has 1 aromatic heterocycles. The molecule has 0 saturated carbocycles. The van der Waals surface area contributed by atoms with E-state index in [1.165, 1.54) is 0 Å². The normalized spacial score (nSPS) is 10.6. The molecule has 0 aliphatic rings. The van der Waals surface area contributed by atoms with Crippen molar-refractivity contribution in [3.05, 3.63) is 50.7 Å². The number of aryl methyl sites for hydroxylation is 1. The van der Waals surface area contributed by atoms with Crippen LogP contribution in [0.3, 0.4) is 0 Å². The van der Waals surface area contributed by atoms with Crippen molar-refractivity contribution in [3.8, 4) is 5.69 Å². The minimum Gasteiger partial charge on any atom is -0.317 e. The Bertz CT molecular complexity index is 589. The molecule has 0 bridgehead atoms. The largest absolute Gasteiger partial charge is 0.317 e. The molecule has 0 atom stereocenters. The van der Waals surface area contributed by atoms with Gasteiger partial charge in [0.2, 0.25) is 0 Å². The fourth-order valence-corrected chi connectivity index (χ4v) is 2.80. The van der Waals surface area contributed by atoms with Gasteiger partial charge in [-0.1, -0.05) is 11.6 Å². The molecule has 17 heavy (non-hydrogen) atoms. The van der Waals surface area contributed by atoms with Crippen LogP contribution < -0.4 is 0 Å². The molecular formula is C13H11BrClNO. The van der Waals surface area contributed by atoms with Crippen molar-refractivity contribution in [2.24, 2.45) is 0 Å². The fraction of sp³-hybridized carbons (Fsp3) is 0.154. The summed E-state index contributed by atoms with van der Waals surface area (Å²) in [7, 11) is 0. The van der Waals surface area contributed by atoms with Crippen LogP contribution in [0.4, 0.5) is 0 Å². The molecule has 0 spiro atoms. The van der Waals surface area contributed by atoms with Crippen LogP contribution in [0.15, 0.2) is 28.7 Å². The van der Waals surface area contributed by atoms with E-state index in [4.69, 9.17) is 11.6 Å². The molecule has 0 fully saturated rings. The summed E-state index contributed by atoms with van der Waals surface area (Å²) in [5.74, 6) is 0. The van der Waals surface area contributed by atoms with Crippen LogP contribution in [0.25, 0.3) is 5.69 Å². The first-order chi connectivity index (χ1) is 8.04. The Labute approximate surface area is 113 Å². The number of hydrogen-bond donors (Lipinski definition) is 0. The number of aromatic nitrogens is 1. The van der Waals surface area contributed by atoms with Crippen LogP contribution in [-0.4, -0.2) is 10.9 Å². The van der Waals surface area contributed by atoms with Gasteiger partial charge in [0.15, 0.2) is 6.29 Å². The predicted molar refractivity (Wildman–Crippen MR) is 73.3 cm³/mol. The second-order valence-corrected chi connectivity index (χ2v) is 5.17. The van der Waals surface area contributed by atoms with Crippen molar-refractivity contribution in [2.45, 2.75) is 13.8 Å². The molecule has 0 radical (unpaired) electrons. The van der Waals surface area contributed by atoms with Crippen molar-refractivity contribution in [1.82, 2.24) is 4.57 Å². The van der Waals surface area contributed by atoms with Gasteiger partial charge in [-0.3, -0.25) is 4.79 Å². The molecule has 0 aliphatic carbocycles. The van der Waals surface area contributed by atoms with Gasteiger partial charge in [-0.05, 0) is 54.0 Å². The van der Waals surface area contributed by atoms with Crippen LogP contribution in [0, 0.1) is 13.8 Å². The zero-order valence-corrected chi connectivity index (χ0v) is 11.8. The summed E-state index contributed by atoms with van der Waals surface area (Å²) < 4.78 is 2.94. The molecule has 0 saturated heterocycles. The smallest absolute Gasteiger partial charge is 0.151 e. The van der Waals surface area contributed by atoms with E-state index in [1.54, 1.807) is 0 Å². The van der Waals surface area contributed by atoms with Gasteiger partial charge in [0.05, 0.1) is 5.69 Å². The summed E-state index contributed by atoms with van der Waals surface area (Å²) >= 11 is 9.41. The SMILES string of the molecule is Cc1cc(C=O)c(C)n1-c1ccc(Cl)cc1Br. The van der Waals surface area contributed by atoms with Gasteiger partial charge in [0.25, 0.3) is 0 Å². The molecule has 0 aliphatic heterocycles. The van der Waals surface area contributed by atoms with Crippen LogP contribution in [-0.2, 0) is 0 Å². The van der Waals surface area contributed by atoms with Gasteiger partial charge in [0, 0.05) is 26.4 Å². The van der Waals surface area contributed by atoms with Crippen molar-refractivity contribution >= 4 is 33.8 Å². The Kier molecular flexibility index (Phi) is 3.40. The first kappa shape index (κ1) is 12.4. The highest BCUT2D eigenvalue weighted by Gasteiger charge is 2.12. The summed E-state index contributed by atoms with van der Waals surface area (Å²) in [5, 5.41) is 0.679. The van der Waals surface area contributed by atoms with Crippen LogP contribution >= 0.6 is 27.5 Å². The Morgan fingerprint density at radius 2 is 2.00 bits per heavy atom. The standard InChI is InChI=1S/C13H11BrClNO/c1-8-5-10(7-17)9(2)16(8)13-4-3-11(15)6-12(13)14/h3-7H,1-2H3. The average molecular weight is 313 g/mol. The summed E-state index contributed by atoms with van der Waals surface area (Å²) in [6.45, 7) is 3.90. The van der Waals surface area contributed by atoms with Gasteiger partial charge < -0.3 is 4.57 Å². The second kappa shape index (κ2) is 4.67. The van der Waals surface area contributed by atoms with E-state index in [1.807, 2.05) is 42.7 Å². The van der Waals surface area contributed by atoms with Crippen LogP contribution in [0.2, 0.25) is 5.02 Å². The van der Waals surface area contributed by atoms with E-state index in [0.29, 0.717) is 10.6 Å². The van der Waals surface area contributed by atoms with E-state index in [0.717, 1.165) is 27.8 Å². The summed E-state index contributed by atoms with van der Waals surface area (Å²) in [6.07, 6.45) is 0.878. The number of rotatable bonds is 2. The zero-order valence-electron chi connectivity index (χ0n) is 9.50. The maximum absolute atomic E-state index is 10.9. The minimum atomic E-state index is 0.679. The molecular weight excluding hydrogens is 302 g/mol. The lowest BCUT2D eigenvalue weighted by Gasteiger charge is -2.11. The average Bonchev–Trinajstić information content (AvgIpc) is 2.55. The quantitative estimate of drug-likeness (QED) is 0.757. The highest BCUT2D eigenvalue weighted by molar-refractivity contribution is 9.10. The third-order valence-electron chi connectivity index (χ3n) is 2.75. The lowest BCUT2D eigenvalue weighted by molar-refractivity contribution is 0.112. The molecule has 2 nitrogen and oxygen atoms in total. The van der Waals surface area contributed by atoms with E-state index < -0.39 is 0 Å². The number of halogens is 2. The van der Waals surface area contributed by atoms with Gasteiger partial charge in [-0.2, -0.15) is 0 Å². The Balaban J connectivity index is 2.68. The topological polar surface area (TPSA) is 22.0 Å². The maximum Gasteiger partial charge on any atom is 0.151 e. The third kappa shape index (κ3) is 2.17. The number of aldehydes is 1. The van der Waals surface area contributed by atoms with Gasteiger partial charge >= 0.3 is 0 Å². The summed E-state index contributed by atoms with van der Waals surface area (Å²) in [4.78, 5) is 10.9. The molecule has 88 valence electrons. The van der Waals surface area contributed by atoms with E-state index >= 15 is 0 Å². The number of hydrogen-bond acceptors (Lipinski definition) is 1. The predicted octanol–water partition coefficient (Wildman–Crippen LogP) is 4.32. The number of carbonyl (C=O) groups excluding carboxylic acids is 1. The van der Waals surface area contributed by atoms with Crippen LogP contribution in [0.5, 0.6) is 0 Å². The Morgan fingerprint density at radius 1 is 1.29 bits per heavy atom. The highest BCUT2D eigenvalue weighted by atomic mass is 79.9. The van der Waals surface area contributed by atoms with Gasteiger partial charge in [0.1, 0.15) is 0 Å². The lowest BCUT2D eigenvalue weighted by atomic mass is 10.2.